The van der Waals surface area contributed by atoms with Crippen LogP contribution in [0.4, 0.5) is 6.01 Å². The van der Waals surface area contributed by atoms with E-state index >= 15 is 0 Å². The predicted molar refractivity (Wildman–Crippen MR) is 113 cm³/mol. The second-order valence-corrected chi connectivity index (χ2v) is 9.70. The Morgan fingerprint density at radius 3 is 1.97 bits per heavy atom. The van der Waals surface area contributed by atoms with E-state index in [1.54, 1.807) is 6.92 Å². The Kier molecular flexibility index (Phi) is 6.30. The van der Waals surface area contributed by atoms with Gasteiger partial charge in [-0.15, -0.1) is 0 Å². The maximum Gasteiger partial charge on any atom is 0.328 e. The molecule has 0 atom stereocenters. The van der Waals surface area contributed by atoms with Gasteiger partial charge in [-0.1, -0.05) is 5.16 Å². The van der Waals surface area contributed by atoms with Crippen molar-refractivity contribution in [1.29, 1.82) is 0 Å². The van der Waals surface area contributed by atoms with Crippen molar-refractivity contribution >= 4 is 21.9 Å². The average Bonchev–Trinajstić information content (AvgIpc) is 3.09. The van der Waals surface area contributed by atoms with Crippen LogP contribution < -0.4 is 5.32 Å². The topological polar surface area (TPSA) is 109 Å². The normalized spacial score (nSPS) is 16.1. The van der Waals surface area contributed by atoms with Crippen LogP contribution in [0.25, 0.3) is 0 Å². The molecule has 2 aromatic rings. The number of carbonyl (C=O) groups is 1. The van der Waals surface area contributed by atoms with E-state index in [4.69, 9.17) is 4.52 Å². The maximum atomic E-state index is 13.4. The molecule has 1 N–H and O–H groups in total. The molecule has 0 saturated carbocycles. The van der Waals surface area contributed by atoms with Gasteiger partial charge in [-0.25, -0.2) is 8.42 Å². The van der Waals surface area contributed by atoms with Crippen LogP contribution in [0.15, 0.2) is 9.42 Å². The number of carbonyl (C=O) groups excluding carboxylic acids is 1. The molecule has 164 valence electrons. The van der Waals surface area contributed by atoms with E-state index in [9.17, 15) is 13.2 Å². The van der Waals surface area contributed by atoms with E-state index in [2.05, 4.69) is 15.5 Å². The van der Waals surface area contributed by atoms with E-state index in [-0.39, 0.29) is 18.5 Å². The molecule has 0 unspecified atom stereocenters. The number of rotatable bonds is 5. The molecular formula is C20H29N5O4S. The van der Waals surface area contributed by atoms with Gasteiger partial charge in [0.05, 0.1) is 11.4 Å². The van der Waals surface area contributed by atoms with Crippen LogP contribution in [0.5, 0.6) is 0 Å². The predicted octanol–water partition coefficient (Wildman–Crippen LogP) is 1.87. The quantitative estimate of drug-likeness (QED) is 0.763. The summed E-state index contributed by atoms with van der Waals surface area (Å²) in [6.07, 6.45) is 0. The SMILES string of the molecule is Cc1noc(NC(=O)CN2CCN(S(=O)(=O)c3c(C)c(C)c(C)c(C)c3C)CC2)n1. The van der Waals surface area contributed by atoms with Crippen LogP contribution >= 0.6 is 0 Å². The van der Waals surface area contributed by atoms with Crippen molar-refractivity contribution in [3.63, 3.8) is 0 Å². The van der Waals surface area contributed by atoms with E-state index in [1.165, 1.54) is 4.31 Å². The van der Waals surface area contributed by atoms with Crippen molar-refractivity contribution in [2.24, 2.45) is 0 Å². The third-order valence-electron chi connectivity index (χ3n) is 6.00. The van der Waals surface area contributed by atoms with E-state index in [1.807, 2.05) is 39.5 Å². The number of nitrogens with one attached hydrogen (secondary N) is 1. The number of aryl methyl sites for hydroxylation is 1. The monoisotopic (exact) mass is 435 g/mol. The van der Waals surface area contributed by atoms with Crippen LogP contribution in [0.1, 0.15) is 33.6 Å². The van der Waals surface area contributed by atoms with E-state index < -0.39 is 10.0 Å². The van der Waals surface area contributed by atoms with Gasteiger partial charge in [0.2, 0.25) is 15.9 Å². The fraction of sp³-hybridized carbons (Fsp3) is 0.550. The third-order valence-corrected chi connectivity index (χ3v) is 8.17. The molecule has 10 heteroatoms. The fourth-order valence-corrected chi connectivity index (χ4v) is 5.80. The second kappa shape index (κ2) is 8.44. The summed E-state index contributed by atoms with van der Waals surface area (Å²) < 4.78 is 33.2. The molecule has 3 rings (SSSR count). The zero-order valence-corrected chi connectivity index (χ0v) is 19.2. The number of benzene rings is 1. The molecule has 2 heterocycles. The highest BCUT2D eigenvalue weighted by Crippen LogP contribution is 2.31. The Morgan fingerprint density at radius 2 is 1.47 bits per heavy atom. The molecule has 0 bridgehead atoms. The summed E-state index contributed by atoms with van der Waals surface area (Å²) in [5.41, 5.74) is 4.79. The molecular weight excluding hydrogens is 406 g/mol. The minimum Gasteiger partial charge on any atom is -0.315 e. The highest BCUT2D eigenvalue weighted by atomic mass is 32.2. The molecule has 1 aromatic heterocycles. The Bertz CT molecular complexity index is 1040. The Hall–Kier alpha value is -2.30. The Morgan fingerprint density at radius 1 is 0.933 bits per heavy atom. The number of aromatic nitrogens is 2. The van der Waals surface area contributed by atoms with Gasteiger partial charge in [-0.05, 0) is 69.4 Å². The van der Waals surface area contributed by atoms with E-state index in [0.29, 0.717) is 36.9 Å². The first kappa shape index (κ1) is 22.4. The smallest absolute Gasteiger partial charge is 0.315 e. The molecule has 1 aliphatic heterocycles. The molecule has 0 radical (unpaired) electrons. The minimum absolute atomic E-state index is 0.0646. The molecule has 1 amide bonds. The van der Waals surface area contributed by atoms with Crippen molar-refractivity contribution in [3.05, 3.63) is 33.6 Å². The van der Waals surface area contributed by atoms with Gasteiger partial charge in [-0.2, -0.15) is 9.29 Å². The van der Waals surface area contributed by atoms with Gasteiger partial charge in [0, 0.05) is 26.2 Å². The first-order chi connectivity index (χ1) is 14.0. The molecule has 1 fully saturated rings. The zero-order chi connectivity index (χ0) is 22.2. The highest BCUT2D eigenvalue weighted by molar-refractivity contribution is 7.89. The standard InChI is InChI=1S/C20H29N5O4S/c1-12-13(2)15(4)19(16(5)14(12)3)30(27,28)25-9-7-24(8-10-25)11-18(26)22-20-21-17(6)23-29-20/h7-11H2,1-6H3,(H,21,22,23,26). The van der Waals surface area contributed by atoms with Crippen molar-refractivity contribution in [3.8, 4) is 0 Å². The number of hydrogen-bond donors (Lipinski definition) is 1. The first-order valence-corrected chi connectivity index (χ1v) is 11.4. The fourth-order valence-electron chi connectivity index (χ4n) is 3.82. The largest absolute Gasteiger partial charge is 0.328 e. The van der Waals surface area contributed by atoms with Crippen molar-refractivity contribution in [1.82, 2.24) is 19.3 Å². The molecule has 9 nitrogen and oxygen atoms in total. The number of piperazine rings is 1. The molecule has 30 heavy (non-hydrogen) atoms. The van der Waals surface area contributed by atoms with Gasteiger partial charge in [0.15, 0.2) is 5.82 Å². The number of amides is 1. The lowest BCUT2D eigenvalue weighted by molar-refractivity contribution is -0.117. The van der Waals surface area contributed by atoms with Crippen LogP contribution in [-0.2, 0) is 14.8 Å². The van der Waals surface area contributed by atoms with Crippen LogP contribution in [0.3, 0.4) is 0 Å². The summed E-state index contributed by atoms with van der Waals surface area (Å²) >= 11 is 0. The number of nitrogens with zero attached hydrogens (tertiary/aromatic N) is 4. The highest BCUT2D eigenvalue weighted by Gasteiger charge is 2.32. The maximum absolute atomic E-state index is 13.4. The second-order valence-electron chi connectivity index (χ2n) is 7.83. The first-order valence-electron chi connectivity index (χ1n) is 9.92. The van der Waals surface area contributed by atoms with Crippen molar-refractivity contribution in [2.45, 2.75) is 46.4 Å². The Labute approximate surface area is 177 Å². The summed E-state index contributed by atoms with van der Waals surface area (Å²) in [7, 11) is -3.61. The van der Waals surface area contributed by atoms with Gasteiger partial charge in [0.1, 0.15) is 0 Å². The average molecular weight is 436 g/mol. The third kappa shape index (κ3) is 4.26. The lowest BCUT2D eigenvalue weighted by atomic mass is 9.95. The lowest BCUT2D eigenvalue weighted by Gasteiger charge is -2.34. The summed E-state index contributed by atoms with van der Waals surface area (Å²) in [6.45, 7) is 13.1. The molecule has 0 spiro atoms. The molecule has 1 aliphatic rings. The Balaban J connectivity index is 1.68. The minimum atomic E-state index is -3.61. The zero-order valence-electron chi connectivity index (χ0n) is 18.4. The summed E-state index contributed by atoms with van der Waals surface area (Å²) in [5, 5.41) is 6.18. The van der Waals surface area contributed by atoms with Gasteiger partial charge in [0.25, 0.3) is 0 Å². The van der Waals surface area contributed by atoms with E-state index in [0.717, 1.165) is 27.8 Å². The summed E-state index contributed by atoms with van der Waals surface area (Å²) in [4.78, 5) is 18.4. The van der Waals surface area contributed by atoms with Crippen molar-refractivity contribution in [2.75, 3.05) is 38.0 Å². The van der Waals surface area contributed by atoms with Crippen molar-refractivity contribution < 1.29 is 17.7 Å². The summed E-state index contributed by atoms with van der Waals surface area (Å²) in [5.74, 6) is 0.169. The number of hydrogen-bond acceptors (Lipinski definition) is 7. The lowest BCUT2D eigenvalue weighted by Crippen LogP contribution is -2.50. The molecule has 1 aromatic carbocycles. The van der Waals surface area contributed by atoms with Crippen LogP contribution in [0.2, 0.25) is 0 Å². The van der Waals surface area contributed by atoms with Crippen LogP contribution in [0, 0.1) is 41.5 Å². The van der Waals surface area contributed by atoms with Gasteiger partial charge < -0.3 is 4.52 Å². The van der Waals surface area contributed by atoms with Gasteiger partial charge >= 0.3 is 6.01 Å². The molecule has 1 saturated heterocycles. The van der Waals surface area contributed by atoms with Gasteiger partial charge in [-0.3, -0.25) is 15.0 Å². The number of anilines is 1. The summed E-state index contributed by atoms with van der Waals surface area (Å²) in [6, 6.07) is 0.0646. The van der Waals surface area contributed by atoms with Crippen LogP contribution in [-0.4, -0.2) is 66.4 Å². The molecule has 0 aliphatic carbocycles. The number of sulfonamides is 1.